The van der Waals surface area contributed by atoms with Gasteiger partial charge in [-0.2, -0.15) is 0 Å². The molecule has 0 bridgehead atoms. The average molecular weight is 597 g/mol. The lowest BCUT2D eigenvalue weighted by atomic mass is 9.63. The number of hydrogen-bond donors (Lipinski definition) is 1. The summed E-state index contributed by atoms with van der Waals surface area (Å²) in [6.07, 6.45) is 6.07. The summed E-state index contributed by atoms with van der Waals surface area (Å²) >= 11 is 0. The molecule has 4 nitrogen and oxygen atoms in total. The van der Waals surface area contributed by atoms with E-state index in [1.807, 2.05) is 6.07 Å². The monoisotopic (exact) mass is 596 g/mol. The molecule has 45 heavy (non-hydrogen) atoms. The normalized spacial score (nSPS) is 17.2. The van der Waals surface area contributed by atoms with Crippen LogP contribution in [0.5, 0.6) is 0 Å². The lowest BCUT2D eigenvalue weighted by molar-refractivity contribution is 0.0697. The lowest BCUT2D eigenvalue weighted by Gasteiger charge is -2.41. The zero-order chi connectivity index (χ0) is 31.1. The molecule has 226 valence electrons. The first-order valence-electron chi connectivity index (χ1n) is 15.8. The van der Waals surface area contributed by atoms with Crippen LogP contribution in [-0.2, 0) is 12.8 Å². The molecular weight excluding hydrogens is 559 g/mol. The standard InChI is InChI=1S/C30H30FN.C10H7NO2/c1-30(2)19-28-21(10-12-26-25-8-4-3-7-20(25)9-11-27(26)28)17-29(30)22-15-23(31)18-24(16-22)32-13-5-6-14-32;12-10(13)8-3-4-9-7(6-8)2-1-5-11-9/h3-4,7-12,15-16,18,29H,5-6,13-14,17,19H2,1-2H3;1-6H,(H,12,13). The van der Waals surface area contributed by atoms with Crippen LogP contribution in [0.15, 0.2) is 103 Å². The molecule has 5 aromatic carbocycles. The Bertz CT molecular complexity index is 2060. The van der Waals surface area contributed by atoms with E-state index in [0.29, 0.717) is 11.5 Å². The summed E-state index contributed by atoms with van der Waals surface area (Å²) in [7, 11) is 0. The first kappa shape index (κ1) is 29.0. The van der Waals surface area contributed by atoms with Gasteiger partial charge in [0.15, 0.2) is 0 Å². The van der Waals surface area contributed by atoms with Crippen molar-refractivity contribution >= 4 is 44.1 Å². The topological polar surface area (TPSA) is 53.4 Å². The van der Waals surface area contributed by atoms with Gasteiger partial charge < -0.3 is 10.0 Å². The molecule has 1 aliphatic carbocycles. The quantitative estimate of drug-likeness (QED) is 0.207. The van der Waals surface area contributed by atoms with Crippen LogP contribution in [0.3, 0.4) is 0 Å². The van der Waals surface area contributed by atoms with Crippen LogP contribution in [0.4, 0.5) is 10.1 Å². The van der Waals surface area contributed by atoms with Crippen molar-refractivity contribution in [3.63, 3.8) is 0 Å². The number of carboxylic acid groups (broad SMARTS) is 1. The van der Waals surface area contributed by atoms with Gasteiger partial charge in [-0.15, -0.1) is 0 Å². The van der Waals surface area contributed by atoms with E-state index in [9.17, 15) is 9.18 Å². The maximum atomic E-state index is 14.7. The largest absolute Gasteiger partial charge is 0.478 e. The number of pyridine rings is 1. The van der Waals surface area contributed by atoms with Crippen molar-refractivity contribution in [3.05, 3.63) is 131 Å². The van der Waals surface area contributed by atoms with Crippen molar-refractivity contribution in [1.29, 1.82) is 0 Å². The van der Waals surface area contributed by atoms with Gasteiger partial charge in [0.25, 0.3) is 0 Å². The summed E-state index contributed by atoms with van der Waals surface area (Å²) in [5.41, 5.74) is 6.27. The van der Waals surface area contributed by atoms with E-state index in [-0.39, 0.29) is 11.2 Å². The molecule has 1 fully saturated rings. The Morgan fingerprint density at radius 1 is 0.844 bits per heavy atom. The molecule has 0 radical (unpaired) electrons. The number of aromatic nitrogens is 1. The van der Waals surface area contributed by atoms with Crippen LogP contribution in [0, 0.1) is 11.2 Å². The molecular formula is C40H37FN2O2. The molecule has 0 spiro atoms. The Kier molecular flexibility index (Phi) is 7.48. The predicted molar refractivity (Wildman–Crippen MR) is 182 cm³/mol. The van der Waals surface area contributed by atoms with Crippen LogP contribution in [-0.4, -0.2) is 29.1 Å². The van der Waals surface area contributed by atoms with Crippen molar-refractivity contribution < 1.29 is 14.3 Å². The number of carbonyl (C=O) groups is 1. The zero-order valence-corrected chi connectivity index (χ0v) is 25.8. The SMILES string of the molecule is CC1(C)Cc2c(ccc3c2ccc2ccccc23)CC1c1cc(F)cc(N2CCCC2)c1.O=C(O)c1ccc2ncccc2c1. The minimum absolute atomic E-state index is 0.0585. The van der Waals surface area contributed by atoms with E-state index in [2.05, 4.69) is 78.3 Å². The average Bonchev–Trinajstić information content (AvgIpc) is 3.59. The van der Waals surface area contributed by atoms with Gasteiger partial charge in [-0.25, -0.2) is 9.18 Å². The van der Waals surface area contributed by atoms with Crippen molar-refractivity contribution in [1.82, 2.24) is 4.98 Å². The van der Waals surface area contributed by atoms with E-state index in [0.717, 1.165) is 48.1 Å². The highest BCUT2D eigenvalue weighted by Crippen LogP contribution is 2.48. The maximum Gasteiger partial charge on any atom is 0.335 e. The summed E-state index contributed by atoms with van der Waals surface area (Å²) in [5.74, 6) is -0.702. The smallest absolute Gasteiger partial charge is 0.335 e. The van der Waals surface area contributed by atoms with Crippen molar-refractivity contribution in [3.8, 4) is 0 Å². The fourth-order valence-corrected chi connectivity index (χ4v) is 7.40. The maximum absolute atomic E-state index is 14.7. The molecule has 6 aromatic rings. The van der Waals surface area contributed by atoms with E-state index in [4.69, 9.17) is 5.11 Å². The first-order valence-corrected chi connectivity index (χ1v) is 15.8. The molecule has 1 saturated heterocycles. The van der Waals surface area contributed by atoms with Crippen molar-refractivity contribution in [2.45, 2.75) is 45.4 Å². The van der Waals surface area contributed by atoms with Crippen molar-refractivity contribution in [2.24, 2.45) is 5.41 Å². The number of carboxylic acids is 1. The summed E-state index contributed by atoms with van der Waals surface area (Å²) in [6, 6.07) is 32.1. The number of benzene rings is 5. The third-order valence-electron chi connectivity index (χ3n) is 9.76. The number of hydrogen-bond acceptors (Lipinski definition) is 3. The van der Waals surface area contributed by atoms with Gasteiger partial charge >= 0.3 is 5.97 Å². The van der Waals surface area contributed by atoms with E-state index < -0.39 is 5.97 Å². The molecule has 0 amide bonds. The fraction of sp³-hybridized carbons (Fsp3) is 0.250. The third kappa shape index (κ3) is 5.64. The van der Waals surface area contributed by atoms with Gasteiger partial charge in [-0.3, -0.25) is 4.98 Å². The van der Waals surface area contributed by atoms with E-state index in [1.54, 1.807) is 42.6 Å². The van der Waals surface area contributed by atoms with Crippen LogP contribution < -0.4 is 4.90 Å². The Morgan fingerprint density at radius 3 is 2.44 bits per heavy atom. The second-order valence-corrected chi connectivity index (χ2v) is 13.2. The minimum atomic E-state index is -0.911. The van der Waals surface area contributed by atoms with Gasteiger partial charge in [-0.1, -0.05) is 68.4 Å². The fourth-order valence-electron chi connectivity index (χ4n) is 7.40. The predicted octanol–water partition coefficient (Wildman–Crippen LogP) is 9.57. The molecule has 2 aliphatic rings. The molecule has 2 heterocycles. The molecule has 1 N–H and O–H groups in total. The van der Waals surface area contributed by atoms with Gasteiger partial charge in [0.05, 0.1) is 11.1 Å². The van der Waals surface area contributed by atoms with Crippen molar-refractivity contribution in [2.75, 3.05) is 18.0 Å². The Balaban J connectivity index is 0.000000209. The number of anilines is 1. The number of rotatable bonds is 3. The summed E-state index contributed by atoms with van der Waals surface area (Å²) < 4.78 is 14.7. The second kappa shape index (κ2) is 11.6. The van der Waals surface area contributed by atoms with Crippen LogP contribution in [0.1, 0.15) is 59.7 Å². The number of aromatic carboxylic acids is 1. The van der Waals surface area contributed by atoms with Crippen LogP contribution >= 0.6 is 0 Å². The van der Waals surface area contributed by atoms with Crippen LogP contribution in [0.2, 0.25) is 0 Å². The molecule has 1 unspecified atom stereocenters. The second-order valence-electron chi connectivity index (χ2n) is 13.2. The highest BCUT2D eigenvalue weighted by molar-refractivity contribution is 6.08. The molecule has 1 aliphatic heterocycles. The number of halogens is 1. The molecule has 8 rings (SSSR count). The zero-order valence-electron chi connectivity index (χ0n) is 25.8. The minimum Gasteiger partial charge on any atom is -0.478 e. The van der Waals surface area contributed by atoms with Gasteiger partial charge in [0.2, 0.25) is 0 Å². The molecule has 1 aromatic heterocycles. The molecule has 5 heteroatoms. The summed E-state index contributed by atoms with van der Waals surface area (Å²) in [5, 5.41) is 14.9. The Labute approximate surface area is 263 Å². The molecule has 0 saturated carbocycles. The van der Waals surface area contributed by atoms with Gasteiger partial charge in [-0.05, 0) is 118 Å². The highest BCUT2D eigenvalue weighted by Gasteiger charge is 2.37. The van der Waals surface area contributed by atoms with Gasteiger partial charge in [0.1, 0.15) is 5.82 Å². The van der Waals surface area contributed by atoms with Gasteiger partial charge in [0, 0.05) is 30.4 Å². The van der Waals surface area contributed by atoms with Crippen LogP contribution in [0.25, 0.3) is 32.4 Å². The van der Waals surface area contributed by atoms with E-state index in [1.165, 1.54) is 45.5 Å². The Hall–Kier alpha value is -4.77. The third-order valence-corrected chi connectivity index (χ3v) is 9.76. The summed E-state index contributed by atoms with van der Waals surface area (Å²) in [4.78, 5) is 17.1. The highest BCUT2D eigenvalue weighted by atomic mass is 19.1. The lowest BCUT2D eigenvalue weighted by Crippen LogP contribution is -2.32. The first-order chi connectivity index (χ1) is 21.8. The summed E-state index contributed by atoms with van der Waals surface area (Å²) in [6.45, 7) is 6.81. The Morgan fingerprint density at radius 2 is 1.62 bits per heavy atom. The number of fused-ring (bicyclic) bond motifs is 6. The molecule has 1 atom stereocenters. The number of nitrogens with zero attached hydrogens (tertiary/aromatic N) is 2. The van der Waals surface area contributed by atoms with E-state index >= 15 is 0 Å².